The van der Waals surface area contributed by atoms with Gasteiger partial charge in [-0.3, -0.25) is 4.79 Å². The van der Waals surface area contributed by atoms with Crippen molar-refractivity contribution in [1.29, 1.82) is 0 Å². The fraction of sp³-hybridized carbons (Fsp3) is 0.375. The summed E-state index contributed by atoms with van der Waals surface area (Å²) in [5, 5.41) is 2.42. The predicted molar refractivity (Wildman–Crippen MR) is 57.9 cm³/mol. The summed E-state index contributed by atoms with van der Waals surface area (Å²) in [7, 11) is -2.84. The summed E-state index contributed by atoms with van der Waals surface area (Å²) in [5.41, 5.74) is -0.392. The summed E-state index contributed by atoms with van der Waals surface area (Å²) >= 11 is 5.14. The molecular weight excluding hydrogens is 290 g/mol. The lowest BCUT2D eigenvalue weighted by molar-refractivity contribution is -0.111. The van der Waals surface area contributed by atoms with Gasteiger partial charge in [-0.25, -0.2) is 4.79 Å². The molecule has 0 N–H and O–H groups in total. The predicted octanol–water partition coefficient (Wildman–Crippen LogP) is 0.107. The molecule has 0 aliphatic heterocycles. The smallest absolute Gasteiger partial charge is 0.347 e. The first-order valence-corrected chi connectivity index (χ1v) is 6.58. The summed E-state index contributed by atoms with van der Waals surface area (Å²) in [6, 6.07) is 0. The van der Waals surface area contributed by atoms with Crippen molar-refractivity contribution in [3.8, 4) is 5.88 Å². The highest BCUT2D eigenvalue weighted by molar-refractivity contribution is 7.86. The number of methoxy groups -OCH3 is 1. The largest absolute Gasteiger partial charge is 0.465 e. The van der Waals surface area contributed by atoms with Crippen LogP contribution in [0.5, 0.6) is 5.88 Å². The number of hydrogen-bond donors (Lipinski definition) is 0. The molecule has 1 rings (SSSR count). The van der Waals surface area contributed by atoms with Gasteiger partial charge in [0.15, 0.2) is 11.3 Å². The minimum Gasteiger partial charge on any atom is -0.465 e. The Morgan fingerprint density at radius 2 is 2.06 bits per heavy atom. The van der Waals surface area contributed by atoms with Crippen LogP contribution in [0.25, 0.3) is 0 Å². The molecule has 0 amide bonds. The second kappa shape index (κ2) is 5.36. The third kappa shape index (κ3) is 3.70. The van der Waals surface area contributed by atoms with Gasteiger partial charge in [-0.05, 0) is 16.8 Å². The van der Waals surface area contributed by atoms with Crippen LogP contribution in [0, 0.1) is 0 Å². The Morgan fingerprint density at radius 1 is 1.44 bits per heavy atom. The van der Waals surface area contributed by atoms with Gasteiger partial charge in [0.25, 0.3) is 5.88 Å². The maximum absolute atomic E-state index is 11.4. The van der Waals surface area contributed by atoms with Gasteiger partial charge in [-0.2, -0.15) is 8.42 Å². The summed E-state index contributed by atoms with van der Waals surface area (Å²) in [6.07, 6.45) is 0.307. The van der Waals surface area contributed by atoms with Crippen molar-refractivity contribution in [3.63, 3.8) is 0 Å². The van der Waals surface area contributed by atoms with Crippen molar-refractivity contribution in [2.24, 2.45) is 0 Å². The van der Waals surface area contributed by atoms with Gasteiger partial charge in [0.1, 0.15) is 0 Å². The van der Waals surface area contributed by atoms with E-state index < -0.39 is 39.2 Å². The first kappa shape index (κ1) is 14.5. The number of esters is 1. The van der Waals surface area contributed by atoms with Gasteiger partial charge < -0.3 is 13.4 Å². The van der Waals surface area contributed by atoms with Gasteiger partial charge in [0.2, 0.25) is 5.24 Å². The molecule has 0 atom stereocenters. The summed E-state index contributed by atoms with van der Waals surface area (Å²) in [4.78, 5) is 22.2. The lowest BCUT2D eigenvalue weighted by Gasteiger charge is -2.01. The van der Waals surface area contributed by atoms with E-state index >= 15 is 0 Å². The minimum absolute atomic E-state index is 0.236. The lowest BCUT2D eigenvalue weighted by atomic mass is 10.2. The summed E-state index contributed by atoms with van der Waals surface area (Å²) in [5.74, 6) is -1.79. The van der Waals surface area contributed by atoms with Crippen molar-refractivity contribution < 1.29 is 31.4 Å². The number of ether oxygens (including phenoxy) is 1. The summed E-state index contributed by atoms with van der Waals surface area (Å²) in [6.45, 7) is 0. The molecule has 0 aliphatic rings. The molecule has 0 unspecified atom stereocenters. The molecule has 0 radical (unpaired) electrons. The van der Waals surface area contributed by atoms with E-state index in [1.807, 2.05) is 0 Å². The fourth-order valence-electron chi connectivity index (χ4n) is 1.06. The standard InChI is InChI=1S/C8H8ClNO7S/c1-15-8(12)6-4(3-5(9)11)16-10-7(6)17-18(2,13)14/h3H2,1-2H3. The third-order valence-electron chi connectivity index (χ3n) is 1.65. The van der Waals surface area contributed by atoms with Crippen LogP contribution < -0.4 is 4.18 Å². The minimum atomic E-state index is -3.90. The molecule has 0 aromatic carbocycles. The average Bonchev–Trinajstić information content (AvgIpc) is 2.56. The Kier molecular flexibility index (Phi) is 4.30. The molecule has 1 aromatic rings. The zero-order valence-electron chi connectivity index (χ0n) is 9.30. The van der Waals surface area contributed by atoms with Crippen LogP contribution in [0.2, 0.25) is 0 Å². The Labute approximate surface area is 107 Å². The van der Waals surface area contributed by atoms with E-state index in [-0.39, 0.29) is 5.76 Å². The Balaban J connectivity index is 3.23. The second-order valence-electron chi connectivity index (χ2n) is 3.10. The number of nitrogens with zero attached hydrogens (tertiary/aromatic N) is 1. The van der Waals surface area contributed by atoms with Crippen LogP contribution in [-0.4, -0.2) is 38.2 Å². The summed E-state index contributed by atoms with van der Waals surface area (Å²) < 4.78 is 35.4. The molecule has 100 valence electrons. The number of hydrogen-bond acceptors (Lipinski definition) is 8. The van der Waals surface area contributed by atoms with Crippen LogP contribution in [0.1, 0.15) is 16.1 Å². The van der Waals surface area contributed by atoms with Crippen molar-refractivity contribution in [2.75, 3.05) is 13.4 Å². The lowest BCUT2D eigenvalue weighted by Crippen LogP contribution is -2.11. The number of aromatic nitrogens is 1. The van der Waals surface area contributed by atoms with Gasteiger partial charge in [0.05, 0.1) is 19.8 Å². The molecule has 0 spiro atoms. The van der Waals surface area contributed by atoms with E-state index in [9.17, 15) is 18.0 Å². The average molecular weight is 298 g/mol. The molecule has 8 nitrogen and oxygen atoms in total. The molecule has 0 saturated heterocycles. The van der Waals surface area contributed by atoms with Gasteiger partial charge in [-0.1, -0.05) is 0 Å². The SMILES string of the molecule is COC(=O)c1c(OS(C)(=O)=O)noc1CC(=O)Cl. The van der Waals surface area contributed by atoms with Crippen molar-refractivity contribution in [2.45, 2.75) is 6.42 Å². The van der Waals surface area contributed by atoms with Crippen LogP contribution in [0.4, 0.5) is 0 Å². The zero-order valence-corrected chi connectivity index (χ0v) is 10.9. The molecule has 10 heteroatoms. The van der Waals surface area contributed by atoms with E-state index in [0.29, 0.717) is 0 Å². The molecule has 1 aromatic heterocycles. The van der Waals surface area contributed by atoms with Crippen molar-refractivity contribution in [3.05, 3.63) is 11.3 Å². The second-order valence-corrected chi connectivity index (χ2v) is 5.09. The van der Waals surface area contributed by atoms with Gasteiger partial charge in [-0.15, -0.1) is 0 Å². The first-order valence-electron chi connectivity index (χ1n) is 4.39. The van der Waals surface area contributed by atoms with Crippen molar-refractivity contribution >= 4 is 32.9 Å². The van der Waals surface area contributed by atoms with E-state index in [0.717, 1.165) is 13.4 Å². The van der Waals surface area contributed by atoms with E-state index in [1.54, 1.807) is 0 Å². The van der Waals surface area contributed by atoms with E-state index in [1.165, 1.54) is 0 Å². The highest BCUT2D eigenvalue weighted by atomic mass is 35.5. The van der Waals surface area contributed by atoms with Crippen LogP contribution >= 0.6 is 11.6 Å². The number of halogens is 1. The van der Waals surface area contributed by atoms with Gasteiger partial charge >= 0.3 is 16.1 Å². The van der Waals surface area contributed by atoms with Crippen LogP contribution in [-0.2, 0) is 26.1 Å². The van der Waals surface area contributed by atoms with E-state index in [2.05, 4.69) is 18.6 Å². The van der Waals surface area contributed by atoms with E-state index in [4.69, 9.17) is 11.6 Å². The number of carbonyl (C=O) groups excluding carboxylic acids is 2. The molecule has 0 bridgehead atoms. The van der Waals surface area contributed by atoms with Crippen molar-refractivity contribution in [1.82, 2.24) is 5.16 Å². The molecule has 1 heterocycles. The quantitative estimate of drug-likeness (QED) is 0.427. The monoisotopic (exact) mass is 297 g/mol. The van der Waals surface area contributed by atoms with Gasteiger partial charge in [0, 0.05) is 0 Å². The molecular formula is C8H8ClNO7S. The maximum Gasteiger partial charge on any atom is 0.347 e. The first-order chi connectivity index (χ1) is 8.24. The number of carbonyl (C=O) groups is 2. The Hall–Kier alpha value is -1.61. The topological polar surface area (TPSA) is 113 Å². The normalized spacial score (nSPS) is 11.1. The maximum atomic E-state index is 11.4. The third-order valence-corrected chi connectivity index (χ3v) is 2.25. The van der Waals surface area contributed by atoms with Crippen LogP contribution in [0.15, 0.2) is 4.52 Å². The molecule has 0 aliphatic carbocycles. The highest BCUT2D eigenvalue weighted by Gasteiger charge is 2.28. The zero-order chi connectivity index (χ0) is 13.9. The molecule has 0 fully saturated rings. The Bertz CT molecular complexity index is 576. The molecule has 18 heavy (non-hydrogen) atoms. The fourth-order valence-corrected chi connectivity index (χ4v) is 1.58. The highest BCUT2D eigenvalue weighted by Crippen LogP contribution is 2.24. The van der Waals surface area contributed by atoms with Crippen LogP contribution in [0.3, 0.4) is 0 Å². The Morgan fingerprint density at radius 3 is 2.50 bits per heavy atom. The molecule has 0 saturated carbocycles. The number of rotatable bonds is 5.